The van der Waals surface area contributed by atoms with Crippen molar-refractivity contribution >= 4 is 39.2 Å². The van der Waals surface area contributed by atoms with Gasteiger partial charge in [-0.1, -0.05) is 6.92 Å². The van der Waals surface area contributed by atoms with Gasteiger partial charge >= 0.3 is 5.97 Å². The summed E-state index contributed by atoms with van der Waals surface area (Å²) in [6, 6.07) is 4.50. The van der Waals surface area contributed by atoms with Crippen molar-refractivity contribution in [3.8, 4) is 0 Å². The number of hydrogen-bond acceptors (Lipinski definition) is 5. The average molecular weight is 329 g/mol. The van der Waals surface area contributed by atoms with Crippen LogP contribution in [-0.2, 0) is 19.4 Å². The molecule has 2 rings (SSSR count). The Morgan fingerprint density at radius 2 is 2.19 bits per heavy atom. The van der Waals surface area contributed by atoms with Crippen LogP contribution < -0.4 is 5.32 Å². The number of anilines is 1. The Labute approximate surface area is 126 Å². The summed E-state index contributed by atoms with van der Waals surface area (Å²) in [6.07, 6.45) is -0.0853. The molecule has 8 heteroatoms. The monoisotopic (exact) mass is 329 g/mol. The molecule has 1 aromatic carbocycles. The van der Waals surface area contributed by atoms with Crippen molar-refractivity contribution in [1.82, 2.24) is 0 Å². The van der Waals surface area contributed by atoms with Gasteiger partial charge < -0.3 is 10.4 Å². The molecule has 114 valence electrons. The highest BCUT2D eigenvalue weighted by atomic mass is 32.2. The quantitative estimate of drug-likeness (QED) is 0.873. The predicted molar refractivity (Wildman–Crippen MR) is 79.3 cm³/mol. The Morgan fingerprint density at radius 1 is 1.48 bits per heavy atom. The lowest BCUT2D eigenvalue weighted by Gasteiger charge is -2.10. The lowest BCUT2D eigenvalue weighted by atomic mass is 10.3. The van der Waals surface area contributed by atoms with Crippen LogP contribution in [0.3, 0.4) is 0 Å². The van der Waals surface area contributed by atoms with Gasteiger partial charge in [0.25, 0.3) is 0 Å². The maximum Gasteiger partial charge on any atom is 0.304 e. The molecule has 0 saturated heterocycles. The summed E-state index contributed by atoms with van der Waals surface area (Å²) in [7, 11) is -3.67. The van der Waals surface area contributed by atoms with E-state index in [2.05, 4.69) is 5.32 Å². The van der Waals surface area contributed by atoms with E-state index in [4.69, 9.17) is 5.11 Å². The van der Waals surface area contributed by atoms with Crippen LogP contribution in [0.1, 0.15) is 19.8 Å². The number of carboxylic acids is 1. The third-order valence-corrected chi connectivity index (χ3v) is 5.86. The van der Waals surface area contributed by atoms with Crippen LogP contribution in [0.4, 0.5) is 5.69 Å². The fraction of sp³-hybridized carbons (Fsp3) is 0.385. The Kier molecular flexibility index (Phi) is 4.58. The molecule has 1 aromatic rings. The minimum atomic E-state index is -3.67. The summed E-state index contributed by atoms with van der Waals surface area (Å²) in [5.74, 6) is -1.78. The molecule has 2 N–H and O–H groups in total. The Bertz CT molecular complexity index is 684. The van der Waals surface area contributed by atoms with Gasteiger partial charge in [-0.2, -0.15) is 0 Å². The molecular formula is C13H15NO5S2. The summed E-state index contributed by atoms with van der Waals surface area (Å²) in [6.45, 7) is 1.93. The summed E-state index contributed by atoms with van der Waals surface area (Å²) < 4.78 is 24.1. The molecule has 21 heavy (non-hydrogen) atoms. The zero-order chi connectivity index (χ0) is 15.6. The fourth-order valence-corrected chi connectivity index (χ4v) is 4.27. The third kappa shape index (κ3) is 3.98. The lowest BCUT2D eigenvalue weighted by molar-refractivity contribution is -0.136. The molecule has 1 amide bonds. The zero-order valence-corrected chi connectivity index (χ0v) is 13.0. The van der Waals surface area contributed by atoms with E-state index >= 15 is 0 Å². The van der Waals surface area contributed by atoms with Crippen LogP contribution in [0.2, 0.25) is 0 Å². The van der Waals surface area contributed by atoms with Crippen LogP contribution in [0.5, 0.6) is 0 Å². The first-order valence-corrected chi connectivity index (χ1v) is 8.86. The van der Waals surface area contributed by atoms with Crippen LogP contribution in [-0.4, -0.2) is 36.4 Å². The molecular weight excluding hydrogens is 314 g/mol. The van der Waals surface area contributed by atoms with Gasteiger partial charge in [0.05, 0.1) is 22.8 Å². The summed E-state index contributed by atoms with van der Waals surface area (Å²) >= 11 is 1.50. The SMILES string of the molecule is C[C@@H]1CC(=O)Nc2cc(S(=O)(=O)CCC(=O)O)ccc2S1. The number of carbonyl (C=O) groups is 2. The molecule has 0 bridgehead atoms. The number of carboxylic acid groups (broad SMARTS) is 1. The first-order valence-electron chi connectivity index (χ1n) is 6.33. The van der Waals surface area contributed by atoms with Crippen molar-refractivity contribution in [2.75, 3.05) is 11.1 Å². The highest BCUT2D eigenvalue weighted by Gasteiger charge is 2.22. The van der Waals surface area contributed by atoms with Crippen LogP contribution in [0.15, 0.2) is 28.0 Å². The first kappa shape index (κ1) is 15.8. The van der Waals surface area contributed by atoms with E-state index in [9.17, 15) is 18.0 Å². The number of sulfone groups is 1. The number of fused-ring (bicyclic) bond motifs is 1. The maximum atomic E-state index is 12.1. The molecule has 1 heterocycles. The van der Waals surface area contributed by atoms with Crippen molar-refractivity contribution in [3.63, 3.8) is 0 Å². The van der Waals surface area contributed by atoms with Gasteiger partial charge in [0, 0.05) is 16.6 Å². The van der Waals surface area contributed by atoms with Gasteiger partial charge in [0.15, 0.2) is 9.84 Å². The second kappa shape index (κ2) is 6.07. The van der Waals surface area contributed by atoms with E-state index in [1.807, 2.05) is 6.92 Å². The first-order chi connectivity index (χ1) is 9.78. The minimum Gasteiger partial charge on any atom is -0.481 e. The van der Waals surface area contributed by atoms with E-state index in [1.165, 1.54) is 23.9 Å². The molecule has 0 spiro atoms. The van der Waals surface area contributed by atoms with Gasteiger partial charge in [-0.15, -0.1) is 11.8 Å². The topological polar surface area (TPSA) is 101 Å². The Hall–Kier alpha value is -1.54. The highest BCUT2D eigenvalue weighted by molar-refractivity contribution is 8.00. The normalized spacial score (nSPS) is 18.5. The van der Waals surface area contributed by atoms with E-state index in [1.54, 1.807) is 6.07 Å². The zero-order valence-electron chi connectivity index (χ0n) is 11.3. The molecule has 1 atom stereocenters. The Morgan fingerprint density at radius 3 is 2.86 bits per heavy atom. The largest absolute Gasteiger partial charge is 0.481 e. The molecule has 1 aliphatic rings. The van der Waals surface area contributed by atoms with E-state index in [0.717, 1.165) is 4.90 Å². The predicted octanol–water partition coefficient (Wildman–Crippen LogP) is 1.76. The van der Waals surface area contributed by atoms with Crippen molar-refractivity contribution in [2.45, 2.75) is 34.8 Å². The standard InChI is InChI=1S/C13H15NO5S2/c1-8-6-12(15)14-10-7-9(2-3-11(10)20-8)21(18,19)5-4-13(16)17/h2-3,7-8H,4-6H2,1H3,(H,14,15)(H,16,17)/t8-/m1/s1. The van der Waals surface area contributed by atoms with Gasteiger partial charge in [-0.3, -0.25) is 9.59 Å². The molecule has 0 aliphatic carbocycles. The molecule has 6 nitrogen and oxygen atoms in total. The van der Waals surface area contributed by atoms with Gasteiger partial charge in [-0.05, 0) is 18.2 Å². The third-order valence-electron chi connectivity index (χ3n) is 2.97. The van der Waals surface area contributed by atoms with E-state index < -0.39 is 28.0 Å². The number of aliphatic carboxylic acids is 1. The van der Waals surface area contributed by atoms with Gasteiger partial charge in [-0.25, -0.2) is 8.42 Å². The summed E-state index contributed by atoms with van der Waals surface area (Å²) in [5.41, 5.74) is 0.464. The van der Waals surface area contributed by atoms with Crippen LogP contribution in [0.25, 0.3) is 0 Å². The van der Waals surface area contributed by atoms with Crippen LogP contribution >= 0.6 is 11.8 Å². The minimum absolute atomic E-state index is 0.0259. The molecule has 0 unspecified atom stereocenters. The number of hydrogen-bond donors (Lipinski definition) is 2. The highest BCUT2D eigenvalue weighted by Crippen LogP contribution is 2.36. The van der Waals surface area contributed by atoms with Crippen molar-refractivity contribution in [3.05, 3.63) is 18.2 Å². The number of nitrogens with one attached hydrogen (secondary N) is 1. The second-order valence-electron chi connectivity index (χ2n) is 4.80. The number of amides is 1. The maximum absolute atomic E-state index is 12.1. The molecule has 1 aliphatic heterocycles. The van der Waals surface area contributed by atoms with Crippen molar-refractivity contribution < 1.29 is 23.1 Å². The van der Waals surface area contributed by atoms with E-state index in [-0.39, 0.29) is 16.1 Å². The molecule has 0 saturated carbocycles. The molecule has 0 radical (unpaired) electrons. The van der Waals surface area contributed by atoms with Crippen LogP contribution in [0, 0.1) is 0 Å². The van der Waals surface area contributed by atoms with Gasteiger partial charge in [0.1, 0.15) is 0 Å². The van der Waals surface area contributed by atoms with Crippen molar-refractivity contribution in [2.24, 2.45) is 0 Å². The average Bonchev–Trinajstić information content (AvgIpc) is 2.52. The fourth-order valence-electron chi connectivity index (χ4n) is 1.96. The van der Waals surface area contributed by atoms with Crippen molar-refractivity contribution in [1.29, 1.82) is 0 Å². The molecule has 0 aromatic heterocycles. The Balaban J connectivity index is 2.32. The smallest absolute Gasteiger partial charge is 0.304 e. The molecule has 0 fully saturated rings. The summed E-state index contributed by atoms with van der Waals surface area (Å²) in [5, 5.41) is 11.4. The summed E-state index contributed by atoms with van der Waals surface area (Å²) in [4.78, 5) is 23.0. The second-order valence-corrected chi connectivity index (χ2v) is 8.39. The number of rotatable bonds is 4. The number of carbonyl (C=O) groups excluding carboxylic acids is 1. The number of benzene rings is 1. The number of thioether (sulfide) groups is 1. The van der Waals surface area contributed by atoms with E-state index in [0.29, 0.717) is 12.1 Å². The lowest BCUT2D eigenvalue weighted by Crippen LogP contribution is -2.14. The van der Waals surface area contributed by atoms with Gasteiger partial charge in [0.2, 0.25) is 5.91 Å².